The lowest BCUT2D eigenvalue weighted by Crippen LogP contribution is -2.40. The van der Waals surface area contributed by atoms with Crippen molar-refractivity contribution in [1.82, 2.24) is 0 Å². The van der Waals surface area contributed by atoms with E-state index in [1.165, 1.54) is 20.1 Å². The van der Waals surface area contributed by atoms with Gasteiger partial charge in [-0.2, -0.15) is 0 Å². The van der Waals surface area contributed by atoms with E-state index < -0.39 is 23.4 Å². The molecule has 24 heavy (non-hydrogen) atoms. The van der Waals surface area contributed by atoms with Crippen molar-refractivity contribution in [2.45, 2.75) is 31.7 Å². The highest BCUT2D eigenvalue weighted by atomic mass is 16.5. The van der Waals surface area contributed by atoms with Gasteiger partial charge in [-0.15, -0.1) is 0 Å². The first kappa shape index (κ1) is 18.2. The number of aliphatic hydroxyl groups excluding tert-OH is 1. The molecule has 0 amide bonds. The Kier molecular flexibility index (Phi) is 5.77. The van der Waals surface area contributed by atoms with Gasteiger partial charge in [-0.05, 0) is 19.9 Å². The molecule has 1 aromatic heterocycles. The Hall–Kier alpha value is -2.15. The number of methoxy groups -OCH3 is 1. The van der Waals surface area contributed by atoms with E-state index in [1.807, 2.05) is 0 Å². The second-order valence-corrected chi connectivity index (χ2v) is 5.83. The predicted octanol–water partition coefficient (Wildman–Crippen LogP) is 1.59. The van der Waals surface area contributed by atoms with Gasteiger partial charge in [0, 0.05) is 5.56 Å². The molecule has 0 aliphatic carbocycles. The normalized spacial score (nSPS) is 27.7. The number of hydrogen-bond acceptors (Lipinski definition) is 6. The summed E-state index contributed by atoms with van der Waals surface area (Å²) in [4.78, 5) is 11.4. The zero-order chi connectivity index (χ0) is 17.7. The summed E-state index contributed by atoms with van der Waals surface area (Å²) in [5.74, 6) is 0.910. The Morgan fingerprint density at radius 2 is 2.04 bits per heavy atom. The Labute approximate surface area is 140 Å². The molecular weight excluding hydrogens is 312 g/mol. The highest BCUT2D eigenvalue weighted by Crippen LogP contribution is 2.25. The summed E-state index contributed by atoms with van der Waals surface area (Å²) in [6.07, 6.45) is 8.77. The first-order valence-electron chi connectivity index (χ1n) is 7.57. The summed E-state index contributed by atoms with van der Waals surface area (Å²) in [6.45, 7) is 3.44. The predicted molar refractivity (Wildman–Crippen MR) is 90.0 cm³/mol. The van der Waals surface area contributed by atoms with Crippen LogP contribution >= 0.6 is 0 Å². The van der Waals surface area contributed by atoms with Gasteiger partial charge in [-0.25, -0.2) is 4.79 Å². The van der Waals surface area contributed by atoms with Crippen molar-refractivity contribution in [3.8, 4) is 5.75 Å². The van der Waals surface area contributed by atoms with Crippen LogP contribution in [0.3, 0.4) is 0 Å². The molecule has 0 bridgehead atoms. The lowest BCUT2D eigenvalue weighted by molar-refractivity contribution is -0.0315. The number of ether oxygens (including phenoxy) is 2. The second kappa shape index (κ2) is 7.61. The number of aliphatic hydroxyl groups is 2. The number of rotatable bonds is 5. The van der Waals surface area contributed by atoms with E-state index in [0.717, 1.165) is 5.56 Å². The fourth-order valence-corrected chi connectivity index (χ4v) is 2.32. The Balaban J connectivity index is 1.98. The third-order valence-electron chi connectivity index (χ3n) is 3.82. The average molecular weight is 334 g/mol. The molecular formula is C18H22O6. The van der Waals surface area contributed by atoms with E-state index >= 15 is 0 Å². The van der Waals surface area contributed by atoms with Crippen molar-refractivity contribution in [1.29, 1.82) is 0 Å². The van der Waals surface area contributed by atoms with Gasteiger partial charge < -0.3 is 24.1 Å². The largest absolute Gasteiger partial charge is 0.496 e. The quantitative estimate of drug-likeness (QED) is 0.795. The molecule has 1 fully saturated rings. The smallest absolute Gasteiger partial charge is 0.339 e. The van der Waals surface area contributed by atoms with Crippen LogP contribution in [0.1, 0.15) is 18.2 Å². The minimum atomic E-state index is -1.22. The standard InChI is InChI=1S/C18H22O6/c1-12-13(24-16(19)10-15(12)22-3)8-6-4-5-7-9-14-17(20)18(2,21)11-23-14/h4-10,14,17,20-21H,11H2,1-3H3/b5-4+,8-6+,9-7+/t14-,17+,18-/m1/s1. The highest BCUT2D eigenvalue weighted by Gasteiger charge is 2.42. The maximum absolute atomic E-state index is 11.4. The SMILES string of the molecule is COc1cc(=O)oc(/C=C/C=C/C=C/[C@H]2OC[C@@](C)(O)[C@H]2O)c1C. The van der Waals surface area contributed by atoms with E-state index in [4.69, 9.17) is 13.9 Å². The first-order valence-corrected chi connectivity index (χ1v) is 7.57. The molecule has 130 valence electrons. The van der Waals surface area contributed by atoms with Crippen LogP contribution in [0.2, 0.25) is 0 Å². The van der Waals surface area contributed by atoms with Crippen molar-refractivity contribution >= 4 is 6.08 Å². The van der Waals surface area contributed by atoms with Crippen molar-refractivity contribution in [2.75, 3.05) is 13.7 Å². The molecule has 0 spiro atoms. The van der Waals surface area contributed by atoms with Gasteiger partial charge in [0.05, 0.1) is 19.8 Å². The molecule has 6 heteroatoms. The Bertz CT molecular complexity index is 711. The first-order chi connectivity index (χ1) is 11.3. The van der Waals surface area contributed by atoms with Crippen molar-refractivity contribution < 1.29 is 24.1 Å². The highest BCUT2D eigenvalue weighted by molar-refractivity contribution is 5.52. The zero-order valence-electron chi connectivity index (χ0n) is 13.9. The molecule has 3 atom stereocenters. The van der Waals surface area contributed by atoms with E-state index in [1.54, 1.807) is 43.4 Å². The fourth-order valence-electron chi connectivity index (χ4n) is 2.32. The van der Waals surface area contributed by atoms with Crippen LogP contribution in [0, 0.1) is 6.92 Å². The van der Waals surface area contributed by atoms with Crippen LogP contribution in [-0.2, 0) is 4.74 Å². The van der Waals surface area contributed by atoms with Crippen molar-refractivity contribution in [3.63, 3.8) is 0 Å². The summed E-state index contributed by atoms with van der Waals surface area (Å²) in [6, 6.07) is 1.30. The summed E-state index contributed by atoms with van der Waals surface area (Å²) >= 11 is 0. The van der Waals surface area contributed by atoms with Crippen molar-refractivity contribution in [3.05, 3.63) is 58.2 Å². The second-order valence-electron chi connectivity index (χ2n) is 5.83. The Morgan fingerprint density at radius 3 is 2.67 bits per heavy atom. The van der Waals surface area contributed by atoms with Crippen LogP contribution in [0.25, 0.3) is 6.08 Å². The number of allylic oxidation sites excluding steroid dienone is 4. The third-order valence-corrected chi connectivity index (χ3v) is 3.82. The lowest BCUT2D eigenvalue weighted by Gasteiger charge is -2.19. The van der Waals surface area contributed by atoms with Crippen molar-refractivity contribution in [2.24, 2.45) is 0 Å². The molecule has 1 saturated heterocycles. The molecule has 1 aromatic rings. The van der Waals surface area contributed by atoms with Gasteiger partial charge in [0.25, 0.3) is 0 Å². The zero-order valence-corrected chi connectivity index (χ0v) is 13.9. The van der Waals surface area contributed by atoms with E-state index in [0.29, 0.717) is 11.5 Å². The van der Waals surface area contributed by atoms with Crippen LogP contribution in [0.5, 0.6) is 5.75 Å². The molecule has 1 aliphatic rings. The van der Waals surface area contributed by atoms with Crippen LogP contribution < -0.4 is 10.4 Å². The minimum Gasteiger partial charge on any atom is -0.496 e. The molecule has 1 aliphatic heterocycles. The van der Waals surface area contributed by atoms with E-state index in [9.17, 15) is 15.0 Å². The van der Waals surface area contributed by atoms with Gasteiger partial charge in [0.2, 0.25) is 0 Å². The maximum Gasteiger partial charge on any atom is 0.339 e. The average Bonchev–Trinajstić information content (AvgIpc) is 2.80. The van der Waals surface area contributed by atoms with Crippen LogP contribution in [0.15, 0.2) is 45.7 Å². The summed E-state index contributed by atoms with van der Waals surface area (Å²) < 4.78 is 15.5. The molecule has 2 heterocycles. The summed E-state index contributed by atoms with van der Waals surface area (Å²) in [5, 5.41) is 19.7. The summed E-state index contributed by atoms with van der Waals surface area (Å²) in [5.41, 5.74) is -0.956. The van der Waals surface area contributed by atoms with Gasteiger partial charge in [0.1, 0.15) is 29.3 Å². The molecule has 0 radical (unpaired) electrons. The lowest BCUT2D eigenvalue weighted by atomic mass is 9.99. The monoisotopic (exact) mass is 334 g/mol. The molecule has 2 N–H and O–H groups in total. The van der Waals surface area contributed by atoms with Crippen LogP contribution in [-0.4, -0.2) is 41.7 Å². The minimum absolute atomic E-state index is 0.0982. The van der Waals surface area contributed by atoms with E-state index in [2.05, 4.69) is 0 Å². The molecule has 0 saturated carbocycles. The Morgan fingerprint density at radius 1 is 1.33 bits per heavy atom. The number of hydrogen-bond donors (Lipinski definition) is 2. The fraction of sp³-hybridized carbons (Fsp3) is 0.389. The molecule has 0 unspecified atom stereocenters. The maximum atomic E-state index is 11.4. The van der Waals surface area contributed by atoms with Crippen LogP contribution in [0.4, 0.5) is 0 Å². The van der Waals surface area contributed by atoms with Gasteiger partial charge >= 0.3 is 5.63 Å². The molecule has 2 rings (SSSR count). The molecule has 0 aromatic carbocycles. The van der Waals surface area contributed by atoms with E-state index in [-0.39, 0.29) is 6.61 Å². The van der Waals surface area contributed by atoms with Gasteiger partial charge in [0.15, 0.2) is 0 Å². The molecule has 6 nitrogen and oxygen atoms in total. The topological polar surface area (TPSA) is 89.1 Å². The van der Waals surface area contributed by atoms with Gasteiger partial charge in [-0.3, -0.25) is 0 Å². The summed E-state index contributed by atoms with van der Waals surface area (Å²) in [7, 11) is 1.50. The third kappa shape index (κ3) is 4.23. The van der Waals surface area contributed by atoms with Gasteiger partial charge in [-0.1, -0.05) is 30.4 Å².